The van der Waals surface area contributed by atoms with E-state index >= 15 is 0 Å². The van der Waals surface area contributed by atoms with Crippen LogP contribution in [0.4, 0.5) is 0 Å². The van der Waals surface area contributed by atoms with Gasteiger partial charge < -0.3 is 24.4 Å². The minimum atomic E-state index is -0.847. The molecule has 30 heavy (non-hydrogen) atoms. The second-order valence-electron chi connectivity index (χ2n) is 11.5. The van der Waals surface area contributed by atoms with Crippen molar-refractivity contribution < 1.29 is 24.4 Å². The van der Waals surface area contributed by atoms with Crippen molar-refractivity contribution in [2.45, 2.75) is 69.0 Å². The van der Waals surface area contributed by atoms with Crippen molar-refractivity contribution in [3.63, 3.8) is 0 Å². The molecular formula is C24H39NO5. The van der Waals surface area contributed by atoms with Crippen molar-refractivity contribution >= 4 is 0 Å². The van der Waals surface area contributed by atoms with Gasteiger partial charge in [0.15, 0.2) is 0 Å². The van der Waals surface area contributed by atoms with E-state index in [1.807, 2.05) is 14.2 Å². The van der Waals surface area contributed by atoms with E-state index in [4.69, 9.17) is 14.2 Å². The number of fused-ring (bicyclic) bond motifs is 2. The van der Waals surface area contributed by atoms with Gasteiger partial charge in [0.1, 0.15) is 0 Å². The van der Waals surface area contributed by atoms with Gasteiger partial charge in [-0.3, -0.25) is 4.90 Å². The lowest BCUT2D eigenvalue weighted by atomic mass is 9.43. The van der Waals surface area contributed by atoms with Crippen LogP contribution in [0.2, 0.25) is 0 Å². The van der Waals surface area contributed by atoms with Crippen LogP contribution in [0.25, 0.3) is 0 Å². The Labute approximate surface area is 180 Å². The summed E-state index contributed by atoms with van der Waals surface area (Å²) in [5.74, 6) is 1.03. The Balaban J connectivity index is 1.58. The fraction of sp³-hybridized carbons (Fsp3) is 1.00. The maximum Gasteiger partial charge on any atom is 0.0771 e. The fourth-order valence-electron chi connectivity index (χ4n) is 10.7. The van der Waals surface area contributed by atoms with Crippen LogP contribution in [0.1, 0.15) is 39.0 Å². The third-order valence-corrected chi connectivity index (χ3v) is 11.2. The summed E-state index contributed by atoms with van der Waals surface area (Å²) < 4.78 is 18.0. The van der Waals surface area contributed by atoms with Crippen molar-refractivity contribution in [3.8, 4) is 0 Å². The lowest BCUT2D eigenvalue weighted by Crippen LogP contribution is -2.76. The largest absolute Gasteiger partial charge is 0.392 e. The molecule has 6 rings (SSSR count). The molecule has 6 heteroatoms. The summed E-state index contributed by atoms with van der Waals surface area (Å²) in [6.45, 7) is 5.11. The van der Waals surface area contributed by atoms with Gasteiger partial charge >= 0.3 is 0 Å². The van der Waals surface area contributed by atoms with E-state index in [2.05, 4.69) is 11.8 Å². The number of piperidine rings is 1. The molecule has 0 aromatic rings. The number of aliphatic hydroxyl groups is 2. The number of nitrogens with zero attached hydrogens (tertiary/aromatic N) is 1. The maximum atomic E-state index is 12.4. The van der Waals surface area contributed by atoms with Gasteiger partial charge in [0.05, 0.1) is 30.5 Å². The quantitative estimate of drug-likeness (QED) is 0.702. The van der Waals surface area contributed by atoms with E-state index in [1.54, 1.807) is 7.11 Å². The second-order valence-corrected chi connectivity index (χ2v) is 11.5. The molecule has 0 radical (unpaired) electrons. The van der Waals surface area contributed by atoms with E-state index < -0.39 is 11.7 Å². The molecule has 6 nitrogen and oxygen atoms in total. The predicted molar refractivity (Wildman–Crippen MR) is 111 cm³/mol. The summed E-state index contributed by atoms with van der Waals surface area (Å²) in [7, 11) is 5.48. The molecule has 170 valence electrons. The van der Waals surface area contributed by atoms with Gasteiger partial charge in [0, 0.05) is 68.9 Å². The van der Waals surface area contributed by atoms with Gasteiger partial charge in [0.25, 0.3) is 0 Å². The lowest BCUT2D eigenvalue weighted by molar-refractivity contribution is -0.276. The number of likely N-dealkylation sites (tertiary alicyclic amines) is 1. The molecule has 1 spiro atoms. The Morgan fingerprint density at radius 1 is 1.10 bits per heavy atom. The molecule has 1 aliphatic heterocycles. The smallest absolute Gasteiger partial charge is 0.0771 e. The highest BCUT2D eigenvalue weighted by Crippen LogP contribution is 2.79. The zero-order valence-corrected chi connectivity index (χ0v) is 18.9. The average molecular weight is 422 g/mol. The van der Waals surface area contributed by atoms with E-state index in [-0.39, 0.29) is 46.7 Å². The topological polar surface area (TPSA) is 71.4 Å². The Hall–Kier alpha value is -0.240. The zero-order chi connectivity index (χ0) is 21.1. The van der Waals surface area contributed by atoms with Crippen molar-refractivity contribution in [2.75, 3.05) is 41.0 Å². The second kappa shape index (κ2) is 6.42. The summed E-state index contributed by atoms with van der Waals surface area (Å²) in [6.07, 6.45) is 4.52. The van der Waals surface area contributed by atoms with Gasteiger partial charge in [-0.05, 0) is 44.1 Å². The molecule has 6 aliphatic rings. The van der Waals surface area contributed by atoms with Crippen LogP contribution in [-0.4, -0.2) is 86.1 Å². The number of aliphatic hydroxyl groups excluding tert-OH is 1. The van der Waals surface area contributed by atoms with E-state index in [0.29, 0.717) is 18.4 Å². The van der Waals surface area contributed by atoms with Gasteiger partial charge in [-0.25, -0.2) is 0 Å². The van der Waals surface area contributed by atoms with Crippen molar-refractivity contribution in [3.05, 3.63) is 0 Å². The van der Waals surface area contributed by atoms with Crippen molar-refractivity contribution in [1.29, 1.82) is 0 Å². The van der Waals surface area contributed by atoms with Crippen LogP contribution in [0.15, 0.2) is 0 Å². The SMILES string of the molecule is CCN1C[C@]2(COC)CCC(OC)C34C5CC6C(O)C5[C@](O)(C[C@@H]6OC)C(CC32)C14. The standard InChI is InChI=1S/C24H39NO5/c1-5-25-11-22(12-28-2)7-6-18(30-4)24-14-8-13-16(29-3)10-23(27,19(14)20(13)26)15(21(24)25)9-17(22)24/h13-21,26-27H,5-12H2,1-4H3/t13?,14?,15?,16-,17?,18?,19?,20?,21?,22-,23-,24?/m0/s1. The number of methoxy groups -OCH3 is 3. The molecule has 2 N–H and O–H groups in total. The van der Waals surface area contributed by atoms with Gasteiger partial charge in [0.2, 0.25) is 0 Å². The summed E-state index contributed by atoms with van der Waals surface area (Å²) in [5.41, 5.74) is -0.719. The molecule has 0 aromatic carbocycles. The summed E-state index contributed by atoms with van der Waals surface area (Å²) in [5, 5.41) is 23.8. The minimum absolute atomic E-state index is 0.000283. The highest BCUT2D eigenvalue weighted by molar-refractivity contribution is 5.33. The van der Waals surface area contributed by atoms with Crippen LogP contribution in [0.5, 0.6) is 0 Å². The van der Waals surface area contributed by atoms with Gasteiger partial charge in [-0.15, -0.1) is 0 Å². The Bertz CT molecular complexity index is 720. The summed E-state index contributed by atoms with van der Waals surface area (Å²) in [4.78, 5) is 2.67. The minimum Gasteiger partial charge on any atom is -0.392 e. The normalized spacial score (nSPS) is 60.8. The molecule has 12 atom stereocenters. The first kappa shape index (κ1) is 20.4. The molecule has 0 amide bonds. The number of rotatable bonds is 5. The van der Waals surface area contributed by atoms with E-state index in [0.717, 1.165) is 45.4 Å². The highest BCUT2D eigenvalue weighted by Gasteiger charge is 2.83. The molecule has 1 heterocycles. The summed E-state index contributed by atoms with van der Waals surface area (Å²) >= 11 is 0. The zero-order valence-electron chi connectivity index (χ0n) is 18.9. The van der Waals surface area contributed by atoms with Crippen LogP contribution in [-0.2, 0) is 14.2 Å². The van der Waals surface area contributed by atoms with Crippen molar-refractivity contribution in [2.24, 2.45) is 40.4 Å². The number of ether oxygens (including phenoxy) is 3. The Morgan fingerprint density at radius 2 is 1.90 bits per heavy atom. The van der Waals surface area contributed by atoms with Gasteiger partial charge in [-0.1, -0.05) is 6.92 Å². The van der Waals surface area contributed by atoms with Crippen LogP contribution < -0.4 is 0 Å². The first-order valence-electron chi connectivity index (χ1n) is 12.1. The van der Waals surface area contributed by atoms with Crippen LogP contribution in [0, 0.1) is 40.4 Å². The number of hydrogen-bond donors (Lipinski definition) is 2. The maximum absolute atomic E-state index is 12.4. The van der Waals surface area contributed by atoms with E-state index in [9.17, 15) is 10.2 Å². The lowest BCUT2D eigenvalue weighted by Gasteiger charge is -2.69. The molecule has 5 aliphatic carbocycles. The monoisotopic (exact) mass is 421 g/mol. The molecule has 7 bridgehead atoms. The van der Waals surface area contributed by atoms with E-state index in [1.165, 1.54) is 0 Å². The Kier molecular flexibility index (Phi) is 4.36. The molecule has 9 unspecified atom stereocenters. The molecular weight excluding hydrogens is 382 g/mol. The average Bonchev–Trinajstić information content (AvgIpc) is 3.15. The first-order chi connectivity index (χ1) is 14.4. The molecule has 1 saturated heterocycles. The van der Waals surface area contributed by atoms with Crippen LogP contribution in [0.3, 0.4) is 0 Å². The third-order valence-electron chi connectivity index (χ3n) is 11.2. The van der Waals surface area contributed by atoms with Crippen LogP contribution >= 0.6 is 0 Å². The predicted octanol–water partition coefficient (Wildman–Crippen LogP) is 1.53. The highest BCUT2D eigenvalue weighted by atomic mass is 16.5. The molecule has 6 fully saturated rings. The third kappa shape index (κ3) is 2.00. The number of hydrogen-bond acceptors (Lipinski definition) is 6. The molecule has 5 saturated carbocycles. The summed E-state index contributed by atoms with van der Waals surface area (Å²) in [6, 6.07) is 0.329. The Morgan fingerprint density at radius 3 is 2.57 bits per heavy atom. The van der Waals surface area contributed by atoms with Gasteiger partial charge in [-0.2, -0.15) is 0 Å². The van der Waals surface area contributed by atoms with Crippen molar-refractivity contribution in [1.82, 2.24) is 4.90 Å². The molecule has 0 aromatic heterocycles. The fourth-order valence-corrected chi connectivity index (χ4v) is 10.7. The first-order valence-corrected chi connectivity index (χ1v) is 12.1.